The highest BCUT2D eigenvalue weighted by Gasteiger charge is 2.16. The van der Waals surface area contributed by atoms with Crippen molar-refractivity contribution in [3.8, 4) is 0 Å². The van der Waals surface area contributed by atoms with Crippen LogP contribution in [0.3, 0.4) is 0 Å². The number of hydrogen-bond acceptors (Lipinski definition) is 4. The van der Waals surface area contributed by atoms with Gasteiger partial charge in [0.15, 0.2) is 0 Å². The van der Waals surface area contributed by atoms with E-state index in [-0.39, 0.29) is 0 Å². The van der Waals surface area contributed by atoms with Crippen LogP contribution in [0.1, 0.15) is 12.8 Å². The molecule has 2 heterocycles. The van der Waals surface area contributed by atoms with Crippen LogP contribution < -0.4 is 10.6 Å². The number of rotatable bonds is 3. The Kier molecular flexibility index (Phi) is 3.62. The predicted octanol–water partition coefficient (Wildman–Crippen LogP) is 1.53. The second-order valence-electron chi connectivity index (χ2n) is 4.38. The van der Waals surface area contributed by atoms with Crippen LogP contribution in [-0.4, -0.2) is 31.8 Å². The zero-order valence-corrected chi connectivity index (χ0v) is 9.72. The number of aromatic nitrogens is 1. The Balaban J connectivity index is 1.94. The minimum atomic E-state index is 0.573. The van der Waals surface area contributed by atoms with Crippen LogP contribution in [0.4, 0.5) is 11.6 Å². The standard InChI is InChI=1S/C12H19N3O/c1-15(8-10-4-3-7-16-9-10)12-6-2-5-11(13)14-12/h2,5-6,10H,3-4,7-9H2,1H3,(H2,13,14). The van der Waals surface area contributed by atoms with Crippen molar-refractivity contribution < 1.29 is 4.74 Å². The van der Waals surface area contributed by atoms with Gasteiger partial charge in [-0.3, -0.25) is 0 Å². The van der Waals surface area contributed by atoms with E-state index in [1.54, 1.807) is 6.07 Å². The van der Waals surface area contributed by atoms with E-state index in [2.05, 4.69) is 16.9 Å². The van der Waals surface area contributed by atoms with Gasteiger partial charge in [0.2, 0.25) is 0 Å². The molecule has 1 saturated heterocycles. The van der Waals surface area contributed by atoms with Crippen LogP contribution in [0.2, 0.25) is 0 Å². The fraction of sp³-hybridized carbons (Fsp3) is 0.583. The molecule has 0 amide bonds. The summed E-state index contributed by atoms with van der Waals surface area (Å²) in [6.07, 6.45) is 2.41. The van der Waals surface area contributed by atoms with Gasteiger partial charge in [-0.25, -0.2) is 4.98 Å². The van der Waals surface area contributed by atoms with Crippen molar-refractivity contribution in [2.45, 2.75) is 12.8 Å². The Labute approximate surface area is 96.4 Å². The SMILES string of the molecule is CN(CC1CCCOC1)c1cccc(N)n1. The summed E-state index contributed by atoms with van der Waals surface area (Å²) < 4.78 is 5.47. The first-order valence-electron chi connectivity index (χ1n) is 5.77. The van der Waals surface area contributed by atoms with Gasteiger partial charge in [0.25, 0.3) is 0 Å². The van der Waals surface area contributed by atoms with Gasteiger partial charge in [-0.2, -0.15) is 0 Å². The van der Waals surface area contributed by atoms with E-state index in [1.165, 1.54) is 12.8 Å². The van der Waals surface area contributed by atoms with Crippen molar-refractivity contribution in [2.75, 3.05) is 37.4 Å². The maximum absolute atomic E-state index is 5.67. The van der Waals surface area contributed by atoms with Gasteiger partial charge < -0.3 is 15.4 Å². The summed E-state index contributed by atoms with van der Waals surface area (Å²) in [7, 11) is 2.05. The van der Waals surface area contributed by atoms with Gasteiger partial charge in [0.1, 0.15) is 11.6 Å². The summed E-state index contributed by atoms with van der Waals surface area (Å²) >= 11 is 0. The molecule has 4 nitrogen and oxygen atoms in total. The molecule has 1 aromatic heterocycles. The predicted molar refractivity (Wildman–Crippen MR) is 65.5 cm³/mol. The largest absolute Gasteiger partial charge is 0.384 e. The van der Waals surface area contributed by atoms with Crippen molar-refractivity contribution in [3.63, 3.8) is 0 Å². The molecule has 0 aromatic carbocycles. The summed E-state index contributed by atoms with van der Waals surface area (Å²) in [5.74, 6) is 2.12. The van der Waals surface area contributed by atoms with Gasteiger partial charge in [0, 0.05) is 20.2 Å². The minimum absolute atomic E-state index is 0.573. The van der Waals surface area contributed by atoms with E-state index in [0.717, 1.165) is 25.6 Å². The Morgan fingerprint density at radius 1 is 1.56 bits per heavy atom. The number of hydrogen-bond donors (Lipinski definition) is 1. The van der Waals surface area contributed by atoms with E-state index in [0.29, 0.717) is 11.7 Å². The van der Waals surface area contributed by atoms with Gasteiger partial charge in [-0.1, -0.05) is 6.07 Å². The van der Waals surface area contributed by atoms with E-state index >= 15 is 0 Å². The molecular formula is C12H19N3O. The van der Waals surface area contributed by atoms with Crippen LogP contribution >= 0.6 is 0 Å². The third-order valence-corrected chi connectivity index (χ3v) is 2.93. The number of ether oxygens (including phenoxy) is 1. The molecule has 0 bridgehead atoms. The highest BCUT2D eigenvalue weighted by Crippen LogP contribution is 2.18. The Bertz CT molecular complexity index is 337. The molecule has 2 rings (SSSR count). The highest BCUT2D eigenvalue weighted by atomic mass is 16.5. The topological polar surface area (TPSA) is 51.4 Å². The van der Waals surface area contributed by atoms with Crippen LogP contribution in [0.5, 0.6) is 0 Å². The second-order valence-corrected chi connectivity index (χ2v) is 4.38. The minimum Gasteiger partial charge on any atom is -0.384 e. The summed E-state index contributed by atoms with van der Waals surface area (Å²) in [6, 6.07) is 5.73. The molecular weight excluding hydrogens is 202 g/mol. The molecule has 88 valence electrons. The molecule has 16 heavy (non-hydrogen) atoms. The van der Waals surface area contributed by atoms with Gasteiger partial charge in [-0.05, 0) is 30.9 Å². The smallest absolute Gasteiger partial charge is 0.130 e. The first-order valence-corrected chi connectivity index (χ1v) is 5.77. The van der Waals surface area contributed by atoms with Gasteiger partial charge >= 0.3 is 0 Å². The zero-order valence-electron chi connectivity index (χ0n) is 9.72. The lowest BCUT2D eigenvalue weighted by Gasteiger charge is -2.27. The molecule has 1 unspecified atom stereocenters. The van der Waals surface area contributed by atoms with E-state index in [1.807, 2.05) is 12.1 Å². The molecule has 0 radical (unpaired) electrons. The number of nitrogen functional groups attached to an aromatic ring is 1. The fourth-order valence-electron chi connectivity index (χ4n) is 2.08. The van der Waals surface area contributed by atoms with Crippen molar-refractivity contribution in [3.05, 3.63) is 18.2 Å². The maximum Gasteiger partial charge on any atom is 0.130 e. The summed E-state index contributed by atoms with van der Waals surface area (Å²) in [5, 5.41) is 0. The normalized spacial score (nSPS) is 20.7. The van der Waals surface area contributed by atoms with E-state index in [9.17, 15) is 0 Å². The molecule has 0 aliphatic carbocycles. The van der Waals surface area contributed by atoms with Crippen molar-refractivity contribution in [1.82, 2.24) is 4.98 Å². The van der Waals surface area contributed by atoms with Crippen LogP contribution in [0.15, 0.2) is 18.2 Å². The first-order chi connectivity index (χ1) is 7.75. The Hall–Kier alpha value is -1.29. The molecule has 1 atom stereocenters. The summed E-state index contributed by atoms with van der Waals surface area (Å²) in [6.45, 7) is 2.76. The Morgan fingerprint density at radius 2 is 2.44 bits per heavy atom. The maximum atomic E-state index is 5.67. The highest BCUT2D eigenvalue weighted by molar-refractivity contribution is 5.44. The molecule has 0 spiro atoms. The third-order valence-electron chi connectivity index (χ3n) is 2.93. The molecule has 1 aliphatic rings. The van der Waals surface area contributed by atoms with Crippen LogP contribution in [-0.2, 0) is 4.74 Å². The molecule has 1 aliphatic heterocycles. The average Bonchev–Trinajstić information content (AvgIpc) is 2.30. The lowest BCUT2D eigenvalue weighted by atomic mass is 10.0. The number of nitrogens with zero attached hydrogens (tertiary/aromatic N) is 2. The Morgan fingerprint density at radius 3 is 3.12 bits per heavy atom. The molecule has 1 aromatic rings. The summed E-state index contributed by atoms with van der Waals surface area (Å²) in [4.78, 5) is 6.45. The van der Waals surface area contributed by atoms with Gasteiger partial charge in [0.05, 0.1) is 6.61 Å². The quantitative estimate of drug-likeness (QED) is 0.841. The number of pyridine rings is 1. The van der Waals surface area contributed by atoms with Crippen molar-refractivity contribution in [2.24, 2.45) is 5.92 Å². The number of nitrogens with two attached hydrogens (primary N) is 1. The monoisotopic (exact) mass is 221 g/mol. The van der Waals surface area contributed by atoms with Crippen LogP contribution in [0, 0.1) is 5.92 Å². The first kappa shape index (κ1) is 11.2. The van der Waals surface area contributed by atoms with Crippen molar-refractivity contribution >= 4 is 11.6 Å². The zero-order chi connectivity index (χ0) is 11.4. The van der Waals surface area contributed by atoms with Crippen LogP contribution in [0.25, 0.3) is 0 Å². The molecule has 2 N–H and O–H groups in total. The average molecular weight is 221 g/mol. The fourth-order valence-corrected chi connectivity index (χ4v) is 2.08. The third kappa shape index (κ3) is 2.85. The lowest BCUT2D eigenvalue weighted by molar-refractivity contribution is 0.0576. The van der Waals surface area contributed by atoms with Crippen molar-refractivity contribution in [1.29, 1.82) is 0 Å². The number of anilines is 2. The molecule has 1 fully saturated rings. The second kappa shape index (κ2) is 5.16. The molecule has 0 saturated carbocycles. The van der Waals surface area contributed by atoms with Gasteiger partial charge in [-0.15, -0.1) is 0 Å². The van der Waals surface area contributed by atoms with E-state index < -0.39 is 0 Å². The lowest BCUT2D eigenvalue weighted by Crippen LogP contribution is -2.31. The summed E-state index contributed by atoms with van der Waals surface area (Å²) in [5.41, 5.74) is 5.67. The van der Waals surface area contributed by atoms with E-state index in [4.69, 9.17) is 10.5 Å². The molecule has 4 heteroatoms.